The molecule has 1 aliphatic heterocycles. The van der Waals surface area contributed by atoms with Crippen LogP contribution in [0, 0.1) is 0 Å². The standard InChI is InChI=1S/C22H18N2O5S/c25-21(14-23-22-18-11-5-7-13-20(18)30(26,27)24-22)28-15-16-8-4-6-12-19(16)29-17-9-2-1-3-10-17/h1-13H,14-15H2,(H,23,24). The van der Waals surface area contributed by atoms with Crippen molar-refractivity contribution in [1.82, 2.24) is 4.72 Å². The van der Waals surface area contributed by atoms with Crippen molar-refractivity contribution in [2.24, 2.45) is 4.99 Å². The van der Waals surface area contributed by atoms with Gasteiger partial charge in [-0.1, -0.05) is 48.5 Å². The lowest BCUT2D eigenvalue weighted by molar-refractivity contribution is -0.143. The smallest absolute Gasteiger partial charge is 0.328 e. The zero-order chi connectivity index (χ0) is 21.0. The van der Waals surface area contributed by atoms with E-state index in [1.165, 1.54) is 6.07 Å². The molecule has 0 amide bonds. The van der Waals surface area contributed by atoms with Gasteiger partial charge in [-0.15, -0.1) is 0 Å². The van der Waals surface area contributed by atoms with E-state index in [2.05, 4.69) is 9.71 Å². The second kappa shape index (κ2) is 8.38. The van der Waals surface area contributed by atoms with Gasteiger partial charge in [-0.2, -0.15) is 0 Å². The van der Waals surface area contributed by atoms with Crippen molar-refractivity contribution in [2.45, 2.75) is 11.5 Å². The Morgan fingerprint density at radius 3 is 2.43 bits per heavy atom. The summed E-state index contributed by atoms with van der Waals surface area (Å²) in [5, 5.41) is 0. The van der Waals surface area contributed by atoms with E-state index in [9.17, 15) is 13.2 Å². The fraction of sp³-hybridized carbons (Fsp3) is 0.0909. The first-order valence-corrected chi connectivity index (χ1v) is 10.6. The van der Waals surface area contributed by atoms with Crippen LogP contribution in [0.4, 0.5) is 0 Å². The molecule has 152 valence electrons. The highest BCUT2D eigenvalue weighted by Gasteiger charge is 2.30. The number of amidine groups is 1. The molecular weight excluding hydrogens is 404 g/mol. The molecule has 1 aliphatic rings. The Hall–Kier alpha value is -3.65. The summed E-state index contributed by atoms with van der Waals surface area (Å²) in [5.41, 5.74) is 1.14. The van der Waals surface area contributed by atoms with Crippen LogP contribution in [0.1, 0.15) is 11.1 Å². The van der Waals surface area contributed by atoms with E-state index in [0.29, 0.717) is 22.6 Å². The molecule has 3 aromatic rings. The van der Waals surface area contributed by atoms with Gasteiger partial charge in [0.25, 0.3) is 10.0 Å². The van der Waals surface area contributed by atoms with Crippen molar-refractivity contribution < 1.29 is 22.7 Å². The summed E-state index contributed by atoms with van der Waals surface area (Å²) in [4.78, 5) is 16.4. The lowest BCUT2D eigenvalue weighted by atomic mass is 10.2. The largest absolute Gasteiger partial charge is 0.459 e. The van der Waals surface area contributed by atoms with E-state index in [1.54, 1.807) is 30.3 Å². The number of aliphatic imine (C=N–C) groups is 1. The summed E-state index contributed by atoms with van der Waals surface area (Å²) < 4.78 is 37.7. The minimum absolute atomic E-state index is 0.00894. The Morgan fingerprint density at radius 2 is 1.60 bits per heavy atom. The number of nitrogens with one attached hydrogen (secondary N) is 1. The normalized spacial score (nSPS) is 15.3. The number of para-hydroxylation sites is 2. The average molecular weight is 422 g/mol. The van der Waals surface area contributed by atoms with Crippen LogP contribution in [0.3, 0.4) is 0 Å². The maximum absolute atomic E-state index is 12.2. The number of esters is 1. The first-order valence-electron chi connectivity index (χ1n) is 9.16. The monoisotopic (exact) mass is 422 g/mol. The van der Waals surface area contributed by atoms with E-state index in [1.807, 2.05) is 42.5 Å². The molecule has 1 heterocycles. The first kappa shape index (κ1) is 19.7. The molecule has 0 aromatic heterocycles. The second-order valence-electron chi connectivity index (χ2n) is 6.45. The Morgan fingerprint density at radius 1 is 0.900 bits per heavy atom. The maximum Gasteiger partial charge on any atom is 0.328 e. The Labute approximate surface area is 174 Å². The fourth-order valence-electron chi connectivity index (χ4n) is 2.94. The molecule has 0 aliphatic carbocycles. The number of sulfonamides is 1. The van der Waals surface area contributed by atoms with E-state index < -0.39 is 16.0 Å². The molecule has 0 radical (unpaired) electrons. The molecule has 7 nitrogen and oxygen atoms in total. The number of hydrogen-bond acceptors (Lipinski definition) is 6. The number of hydrogen-bond donors (Lipinski definition) is 1. The third-order valence-corrected chi connectivity index (χ3v) is 5.76. The molecule has 4 rings (SSSR count). The molecule has 0 bridgehead atoms. The van der Waals surface area contributed by atoms with Crippen molar-refractivity contribution in [2.75, 3.05) is 6.54 Å². The van der Waals surface area contributed by atoms with Crippen LogP contribution in [0.25, 0.3) is 0 Å². The Kier molecular flexibility index (Phi) is 5.49. The number of fused-ring (bicyclic) bond motifs is 1. The van der Waals surface area contributed by atoms with Gasteiger partial charge in [0.15, 0.2) is 0 Å². The third-order valence-electron chi connectivity index (χ3n) is 4.36. The van der Waals surface area contributed by atoms with Crippen LogP contribution in [0.15, 0.2) is 88.8 Å². The molecule has 0 atom stereocenters. The van der Waals surface area contributed by atoms with Gasteiger partial charge in [0.2, 0.25) is 0 Å². The van der Waals surface area contributed by atoms with E-state index in [0.717, 1.165) is 0 Å². The average Bonchev–Trinajstić information content (AvgIpc) is 3.03. The topological polar surface area (TPSA) is 94.1 Å². The fourth-order valence-corrected chi connectivity index (χ4v) is 4.19. The zero-order valence-corrected chi connectivity index (χ0v) is 16.6. The Bertz CT molecular complexity index is 1210. The van der Waals surface area contributed by atoms with Gasteiger partial charge in [0.05, 0.1) is 4.90 Å². The molecule has 0 saturated heterocycles. The van der Waals surface area contributed by atoms with Gasteiger partial charge >= 0.3 is 5.97 Å². The molecule has 1 N–H and O–H groups in total. The van der Waals surface area contributed by atoms with Gasteiger partial charge in [-0.3, -0.25) is 14.5 Å². The predicted octanol–water partition coefficient (Wildman–Crippen LogP) is 3.26. The molecular formula is C22H18N2O5S. The molecule has 0 spiro atoms. The van der Waals surface area contributed by atoms with Crippen LogP contribution >= 0.6 is 0 Å². The van der Waals surface area contributed by atoms with Crippen molar-refractivity contribution in [1.29, 1.82) is 0 Å². The number of benzene rings is 3. The highest BCUT2D eigenvalue weighted by molar-refractivity contribution is 7.90. The van der Waals surface area contributed by atoms with Crippen molar-refractivity contribution >= 4 is 21.8 Å². The quantitative estimate of drug-likeness (QED) is 0.616. The molecule has 3 aromatic carbocycles. The van der Waals surface area contributed by atoms with E-state index >= 15 is 0 Å². The third kappa shape index (κ3) is 4.33. The molecule has 8 heteroatoms. The lowest BCUT2D eigenvalue weighted by Gasteiger charge is -2.11. The number of rotatable bonds is 6. The Balaban J connectivity index is 1.40. The van der Waals surface area contributed by atoms with Crippen molar-refractivity contribution in [3.8, 4) is 11.5 Å². The van der Waals surface area contributed by atoms with Gasteiger partial charge in [-0.05, 0) is 30.3 Å². The van der Waals surface area contributed by atoms with Crippen LogP contribution in [0.5, 0.6) is 11.5 Å². The van der Waals surface area contributed by atoms with Crippen LogP contribution in [0.2, 0.25) is 0 Å². The van der Waals surface area contributed by atoms with Gasteiger partial charge < -0.3 is 9.47 Å². The SMILES string of the molecule is O=C(CN=C1NS(=O)(=O)c2ccccc21)OCc1ccccc1Oc1ccccc1. The number of carbonyl (C=O) groups excluding carboxylic acids is 1. The van der Waals surface area contributed by atoms with Gasteiger partial charge in [0, 0.05) is 11.1 Å². The molecule has 30 heavy (non-hydrogen) atoms. The summed E-state index contributed by atoms with van der Waals surface area (Å²) in [6, 6.07) is 23.0. The molecule has 0 unspecified atom stereocenters. The van der Waals surface area contributed by atoms with Crippen LogP contribution in [-0.4, -0.2) is 26.8 Å². The number of nitrogens with zero attached hydrogens (tertiary/aromatic N) is 1. The predicted molar refractivity (Wildman–Crippen MR) is 111 cm³/mol. The van der Waals surface area contributed by atoms with Crippen LogP contribution in [-0.2, 0) is 26.2 Å². The van der Waals surface area contributed by atoms with E-state index in [-0.39, 0.29) is 23.9 Å². The maximum atomic E-state index is 12.2. The van der Waals surface area contributed by atoms with E-state index in [4.69, 9.17) is 9.47 Å². The van der Waals surface area contributed by atoms with Crippen molar-refractivity contribution in [3.05, 3.63) is 90.0 Å². The van der Waals surface area contributed by atoms with Gasteiger partial charge in [-0.25, -0.2) is 8.42 Å². The number of carbonyl (C=O) groups is 1. The highest BCUT2D eigenvalue weighted by Crippen LogP contribution is 2.26. The summed E-state index contributed by atoms with van der Waals surface area (Å²) in [6.07, 6.45) is 0. The minimum Gasteiger partial charge on any atom is -0.459 e. The summed E-state index contributed by atoms with van der Waals surface area (Å²) in [5.74, 6) is 0.811. The summed E-state index contributed by atoms with van der Waals surface area (Å²) in [6.45, 7) is -0.303. The van der Waals surface area contributed by atoms with Gasteiger partial charge in [0.1, 0.15) is 30.5 Å². The number of ether oxygens (including phenoxy) is 2. The van der Waals surface area contributed by atoms with Crippen LogP contribution < -0.4 is 9.46 Å². The summed E-state index contributed by atoms with van der Waals surface area (Å²) >= 11 is 0. The zero-order valence-electron chi connectivity index (χ0n) is 15.8. The second-order valence-corrected chi connectivity index (χ2v) is 8.10. The van der Waals surface area contributed by atoms with Crippen molar-refractivity contribution in [3.63, 3.8) is 0 Å². The lowest BCUT2D eigenvalue weighted by Crippen LogP contribution is -2.23. The highest BCUT2D eigenvalue weighted by atomic mass is 32.2. The molecule has 0 fully saturated rings. The minimum atomic E-state index is -3.64. The molecule has 0 saturated carbocycles. The summed E-state index contributed by atoms with van der Waals surface area (Å²) in [7, 11) is -3.64. The first-order chi connectivity index (χ1) is 14.5.